The summed E-state index contributed by atoms with van der Waals surface area (Å²) in [7, 11) is 0. The molecule has 2 aromatic carbocycles. The number of rotatable bonds is 9. The minimum atomic E-state index is -0.532. The summed E-state index contributed by atoms with van der Waals surface area (Å²) >= 11 is 0. The minimum absolute atomic E-state index is 0.0480. The fourth-order valence-electron chi connectivity index (χ4n) is 5.64. The summed E-state index contributed by atoms with van der Waals surface area (Å²) in [6.07, 6.45) is 5.69. The van der Waals surface area contributed by atoms with Crippen molar-refractivity contribution in [3.05, 3.63) is 95.3 Å². The van der Waals surface area contributed by atoms with Crippen LogP contribution >= 0.6 is 0 Å². The zero-order valence-electron chi connectivity index (χ0n) is 24.9. The van der Waals surface area contributed by atoms with Crippen molar-refractivity contribution in [2.45, 2.75) is 58.3 Å². The standard InChI is InChI=1S/C33H36FN7O3/c1-22(2)41(20-23-6-4-3-5-7-23)33(42)26-18-24(34)8-9-29(26)44-32-31(37-21-38-39-32)40-16-12-25(13-17-40)43-30-11-15-36-28-10-14-35-19-27(28)30/h3-9,11,15,18,21-22,25,35H,10,12-14,16-17,19-20H2,1-2H3. The molecule has 4 aromatic rings. The van der Waals surface area contributed by atoms with E-state index in [2.05, 4.69) is 30.4 Å². The number of halogens is 1. The highest BCUT2D eigenvalue weighted by Gasteiger charge is 2.28. The van der Waals surface area contributed by atoms with Gasteiger partial charge in [0.25, 0.3) is 11.8 Å². The molecule has 0 unspecified atom stereocenters. The molecule has 0 radical (unpaired) electrons. The Balaban J connectivity index is 1.18. The van der Waals surface area contributed by atoms with Crippen molar-refractivity contribution in [2.75, 3.05) is 24.5 Å². The van der Waals surface area contributed by atoms with Gasteiger partial charge in [0, 0.05) is 75.5 Å². The van der Waals surface area contributed by atoms with Gasteiger partial charge in [0.2, 0.25) is 0 Å². The van der Waals surface area contributed by atoms with Crippen molar-refractivity contribution in [1.82, 2.24) is 30.4 Å². The van der Waals surface area contributed by atoms with E-state index in [0.717, 1.165) is 54.9 Å². The maximum Gasteiger partial charge on any atom is 0.282 e. The molecule has 44 heavy (non-hydrogen) atoms. The van der Waals surface area contributed by atoms with Gasteiger partial charge in [0.15, 0.2) is 5.82 Å². The molecule has 2 aliphatic heterocycles. The Morgan fingerprint density at radius 2 is 1.91 bits per heavy atom. The molecule has 6 rings (SSSR count). The summed E-state index contributed by atoms with van der Waals surface area (Å²) < 4.78 is 27.1. The third-order valence-corrected chi connectivity index (χ3v) is 8.01. The van der Waals surface area contributed by atoms with E-state index >= 15 is 0 Å². The molecule has 1 N–H and O–H groups in total. The number of carbonyl (C=O) groups excluding carboxylic acids is 1. The minimum Gasteiger partial charge on any atom is -0.490 e. The first-order valence-corrected chi connectivity index (χ1v) is 15.1. The molecule has 4 heterocycles. The van der Waals surface area contributed by atoms with Gasteiger partial charge in [0.1, 0.15) is 29.7 Å². The molecule has 1 saturated heterocycles. The van der Waals surface area contributed by atoms with E-state index in [-0.39, 0.29) is 35.2 Å². The maximum atomic E-state index is 14.5. The van der Waals surface area contributed by atoms with Gasteiger partial charge >= 0.3 is 0 Å². The third-order valence-electron chi connectivity index (χ3n) is 8.01. The van der Waals surface area contributed by atoms with Gasteiger partial charge in [-0.15, -0.1) is 10.2 Å². The van der Waals surface area contributed by atoms with Gasteiger partial charge in [-0.25, -0.2) is 9.37 Å². The second kappa shape index (κ2) is 13.3. The molecule has 0 atom stereocenters. The van der Waals surface area contributed by atoms with Crippen LogP contribution in [-0.2, 0) is 19.5 Å². The molecule has 10 nitrogen and oxygen atoms in total. The van der Waals surface area contributed by atoms with Crippen molar-refractivity contribution < 1.29 is 18.7 Å². The van der Waals surface area contributed by atoms with Gasteiger partial charge in [-0.1, -0.05) is 30.3 Å². The topological polar surface area (TPSA) is 106 Å². The van der Waals surface area contributed by atoms with Crippen LogP contribution in [0.1, 0.15) is 53.9 Å². The largest absolute Gasteiger partial charge is 0.490 e. The summed E-state index contributed by atoms with van der Waals surface area (Å²) in [6.45, 7) is 7.26. The number of nitrogens with one attached hydrogen (secondary N) is 1. The highest BCUT2D eigenvalue weighted by atomic mass is 19.1. The van der Waals surface area contributed by atoms with Crippen molar-refractivity contribution in [3.63, 3.8) is 0 Å². The lowest BCUT2D eigenvalue weighted by molar-refractivity contribution is 0.0687. The molecule has 0 aliphatic carbocycles. The molecule has 11 heteroatoms. The van der Waals surface area contributed by atoms with Gasteiger partial charge in [-0.05, 0) is 43.7 Å². The van der Waals surface area contributed by atoms with Crippen LogP contribution < -0.4 is 19.7 Å². The number of hydrogen-bond acceptors (Lipinski definition) is 9. The van der Waals surface area contributed by atoms with Crippen molar-refractivity contribution >= 4 is 11.7 Å². The fraction of sp³-hybridized carbons (Fsp3) is 0.364. The molecule has 2 aromatic heterocycles. The smallest absolute Gasteiger partial charge is 0.282 e. The predicted octanol–water partition coefficient (Wildman–Crippen LogP) is 4.94. The van der Waals surface area contributed by atoms with E-state index in [1.165, 1.54) is 24.5 Å². The zero-order chi connectivity index (χ0) is 30.5. The number of amides is 1. The number of aromatic nitrogens is 4. The van der Waals surface area contributed by atoms with Crippen LogP contribution in [0.25, 0.3) is 0 Å². The Bertz CT molecular complexity index is 1600. The number of piperidine rings is 1. The van der Waals surface area contributed by atoms with Crippen LogP contribution in [-0.4, -0.2) is 62.8 Å². The lowest BCUT2D eigenvalue weighted by Gasteiger charge is -2.33. The van der Waals surface area contributed by atoms with E-state index in [9.17, 15) is 9.18 Å². The predicted molar refractivity (Wildman–Crippen MR) is 163 cm³/mol. The van der Waals surface area contributed by atoms with Crippen LogP contribution in [0.4, 0.5) is 10.2 Å². The summed E-state index contributed by atoms with van der Waals surface area (Å²) in [6, 6.07) is 15.4. The van der Waals surface area contributed by atoms with Gasteiger partial charge in [-0.3, -0.25) is 9.78 Å². The van der Waals surface area contributed by atoms with Crippen molar-refractivity contribution in [1.29, 1.82) is 0 Å². The number of anilines is 1. The number of carbonyl (C=O) groups is 1. The monoisotopic (exact) mass is 597 g/mol. The average molecular weight is 598 g/mol. The Kier molecular flexibility index (Phi) is 8.92. The number of ether oxygens (including phenoxy) is 2. The lowest BCUT2D eigenvalue weighted by Crippen LogP contribution is -2.39. The molecule has 0 spiro atoms. The number of hydrogen-bond donors (Lipinski definition) is 1. The SMILES string of the molecule is CC(C)N(Cc1ccccc1)C(=O)c1cc(F)ccc1Oc1nncnc1N1CCC(Oc2ccnc3c2CNCC3)CC1. The van der Waals surface area contributed by atoms with Crippen LogP contribution in [0.5, 0.6) is 17.4 Å². The van der Waals surface area contributed by atoms with Crippen LogP contribution in [0, 0.1) is 5.82 Å². The van der Waals surface area contributed by atoms with E-state index in [1.54, 1.807) is 4.90 Å². The Morgan fingerprint density at radius 1 is 1.09 bits per heavy atom. The van der Waals surface area contributed by atoms with Crippen LogP contribution in [0.15, 0.2) is 67.1 Å². The average Bonchev–Trinajstić information content (AvgIpc) is 3.05. The molecule has 1 fully saturated rings. The zero-order valence-corrected chi connectivity index (χ0v) is 24.9. The lowest BCUT2D eigenvalue weighted by atomic mass is 10.1. The first-order chi connectivity index (χ1) is 21.5. The van der Waals surface area contributed by atoms with Crippen molar-refractivity contribution in [3.8, 4) is 17.4 Å². The molecule has 228 valence electrons. The number of pyridine rings is 1. The third kappa shape index (κ3) is 6.62. The van der Waals surface area contributed by atoms with Gasteiger partial charge in [0.05, 0.1) is 5.56 Å². The number of benzene rings is 2. The van der Waals surface area contributed by atoms with E-state index in [1.807, 2.05) is 56.4 Å². The highest BCUT2D eigenvalue weighted by Crippen LogP contribution is 2.34. The number of fused-ring (bicyclic) bond motifs is 1. The summed E-state index contributed by atoms with van der Waals surface area (Å²) in [4.78, 5) is 26.6. The second-order valence-corrected chi connectivity index (χ2v) is 11.3. The van der Waals surface area contributed by atoms with Gasteiger partial charge < -0.3 is 24.6 Å². The van der Waals surface area contributed by atoms with Crippen LogP contribution in [0.2, 0.25) is 0 Å². The van der Waals surface area contributed by atoms with E-state index < -0.39 is 5.82 Å². The van der Waals surface area contributed by atoms with E-state index in [0.29, 0.717) is 25.5 Å². The van der Waals surface area contributed by atoms with E-state index in [4.69, 9.17) is 9.47 Å². The molecule has 2 aliphatic rings. The molecule has 1 amide bonds. The Hall–Kier alpha value is -4.64. The second-order valence-electron chi connectivity index (χ2n) is 11.3. The normalized spacial score (nSPS) is 15.1. The fourth-order valence-corrected chi connectivity index (χ4v) is 5.64. The summed E-state index contributed by atoms with van der Waals surface area (Å²) in [5.74, 6) is 0.869. The molecular formula is C33H36FN7O3. The molecule has 0 bridgehead atoms. The Morgan fingerprint density at radius 3 is 2.70 bits per heavy atom. The van der Waals surface area contributed by atoms with Gasteiger partial charge in [-0.2, -0.15) is 0 Å². The number of nitrogens with zero attached hydrogens (tertiary/aromatic N) is 6. The quantitative estimate of drug-likeness (QED) is 0.287. The Labute approximate surface area is 256 Å². The molecule has 0 saturated carbocycles. The summed E-state index contributed by atoms with van der Waals surface area (Å²) in [5.41, 5.74) is 3.32. The summed E-state index contributed by atoms with van der Waals surface area (Å²) in [5, 5.41) is 11.6. The van der Waals surface area contributed by atoms with Crippen molar-refractivity contribution in [2.24, 2.45) is 0 Å². The van der Waals surface area contributed by atoms with Crippen LogP contribution in [0.3, 0.4) is 0 Å². The highest BCUT2D eigenvalue weighted by molar-refractivity contribution is 5.97. The first-order valence-electron chi connectivity index (χ1n) is 15.1. The molecular weight excluding hydrogens is 561 g/mol. The maximum absolute atomic E-state index is 14.5. The first kappa shape index (κ1) is 29.4.